The second-order valence-electron chi connectivity index (χ2n) is 9.73. The molecule has 2 aliphatic rings. The molecule has 0 atom stereocenters. The Labute approximate surface area is 193 Å². The number of aliphatic carboxylic acids is 1. The highest BCUT2D eigenvalue weighted by Crippen LogP contribution is 2.44. The molecule has 174 valence electrons. The molecular weight excluding hydrogens is 420 g/mol. The van der Waals surface area contributed by atoms with Crippen molar-refractivity contribution in [2.24, 2.45) is 5.41 Å². The highest BCUT2D eigenvalue weighted by Gasteiger charge is 2.44. The Balaban J connectivity index is 1.30. The standard InChI is InChI=1S/C26H30N2O5/c1-25(2,14-22(29)27-16-26(23(30)31)12-7-13-26)28-24(32)33-15-21-19-10-5-3-8-17(19)18-9-4-6-11-20(18)21/h3-6,8-11,21H,7,12-16H2,1-2H3,(H,27,29)(H,28,32)(H,30,31). The van der Waals surface area contributed by atoms with E-state index in [4.69, 9.17) is 4.74 Å². The van der Waals surface area contributed by atoms with E-state index in [1.165, 1.54) is 0 Å². The van der Waals surface area contributed by atoms with Crippen molar-refractivity contribution in [3.05, 3.63) is 59.7 Å². The van der Waals surface area contributed by atoms with Gasteiger partial charge in [0, 0.05) is 24.4 Å². The molecule has 0 heterocycles. The van der Waals surface area contributed by atoms with Gasteiger partial charge in [-0.15, -0.1) is 0 Å². The maximum absolute atomic E-state index is 12.5. The smallest absolute Gasteiger partial charge is 0.407 e. The molecule has 2 aromatic carbocycles. The van der Waals surface area contributed by atoms with Gasteiger partial charge in [0.1, 0.15) is 6.61 Å². The first-order valence-corrected chi connectivity index (χ1v) is 11.3. The van der Waals surface area contributed by atoms with Gasteiger partial charge in [0.05, 0.1) is 5.41 Å². The number of hydrogen-bond acceptors (Lipinski definition) is 4. The number of amides is 2. The van der Waals surface area contributed by atoms with Gasteiger partial charge < -0.3 is 20.5 Å². The van der Waals surface area contributed by atoms with E-state index in [-0.39, 0.29) is 31.4 Å². The van der Waals surface area contributed by atoms with E-state index >= 15 is 0 Å². The van der Waals surface area contributed by atoms with Gasteiger partial charge >= 0.3 is 12.1 Å². The van der Waals surface area contributed by atoms with Crippen LogP contribution in [0.5, 0.6) is 0 Å². The lowest BCUT2D eigenvalue weighted by Gasteiger charge is -2.37. The summed E-state index contributed by atoms with van der Waals surface area (Å²) in [4.78, 5) is 36.4. The quantitative estimate of drug-likeness (QED) is 0.562. The van der Waals surface area contributed by atoms with Crippen LogP contribution in [0.3, 0.4) is 0 Å². The second kappa shape index (κ2) is 8.89. The van der Waals surface area contributed by atoms with Crippen molar-refractivity contribution < 1.29 is 24.2 Å². The summed E-state index contributed by atoms with van der Waals surface area (Å²) in [7, 11) is 0. The molecule has 3 N–H and O–H groups in total. The molecule has 0 saturated heterocycles. The largest absolute Gasteiger partial charge is 0.481 e. The first kappa shape index (κ1) is 22.8. The van der Waals surface area contributed by atoms with E-state index in [0.29, 0.717) is 12.8 Å². The highest BCUT2D eigenvalue weighted by atomic mass is 16.5. The number of rotatable bonds is 8. The molecule has 0 aliphatic heterocycles. The number of alkyl carbamates (subject to hydrolysis) is 1. The van der Waals surface area contributed by atoms with Crippen LogP contribution in [0, 0.1) is 5.41 Å². The van der Waals surface area contributed by atoms with E-state index in [1.54, 1.807) is 13.8 Å². The minimum atomic E-state index is -0.870. The lowest BCUT2D eigenvalue weighted by Crippen LogP contribution is -2.51. The molecule has 0 unspecified atom stereocenters. The monoisotopic (exact) mass is 450 g/mol. The molecule has 0 radical (unpaired) electrons. The van der Waals surface area contributed by atoms with Gasteiger partial charge in [-0.2, -0.15) is 0 Å². The van der Waals surface area contributed by atoms with E-state index in [0.717, 1.165) is 28.7 Å². The lowest BCUT2D eigenvalue weighted by atomic mass is 9.69. The number of carboxylic acids is 1. The van der Waals surface area contributed by atoms with Gasteiger partial charge in [-0.05, 0) is 48.9 Å². The van der Waals surface area contributed by atoms with Crippen LogP contribution in [0.25, 0.3) is 11.1 Å². The van der Waals surface area contributed by atoms with Crippen LogP contribution in [0.15, 0.2) is 48.5 Å². The van der Waals surface area contributed by atoms with Crippen molar-refractivity contribution >= 4 is 18.0 Å². The normalized spacial score (nSPS) is 16.2. The molecular formula is C26H30N2O5. The molecule has 2 amide bonds. The molecule has 33 heavy (non-hydrogen) atoms. The molecule has 4 rings (SSSR count). The highest BCUT2D eigenvalue weighted by molar-refractivity contribution is 5.81. The SMILES string of the molecule is CC(C)(CC(=O)NCC1(C(=O)O)CCC1)NC(=O)OCC1c2ccccc2-c2ccccc21. The van der Waals surface area contributed by atoms with Crippen LogP contribution >= 0.6 is 0 Å². The predicted octanol–water partition coefficient (Wildman–Crippen LogP) is 4.06. The summed E-state index contributed by atoms with van der Waals surface area (Å²) in [6.07, 6.45) is 1.44. The number of fused-ring (bicyclic) bond motifs is 3. The number of carbonyl (C=O) groups is 3. The Hall–Kier alpha value is -3.35. The molecule has 0 aromatic heterocycles. The Bertz CT molecular complexity index is 1030. The second-order valence-corrected chi connectivity index (χ2v) is 9.73. The van der Waals surface area contributed by atoms with E-state index in [1.807, 2.05) is 24.3 Å². The fourth-order valence-electron chi connectivity index (χ4n) is 4.76. The van der Waals surface area contributed by atoms with Crippen molar-refractivity contribution in [1.29, 1.82) is 0 Å². The molecule has 7 nitrogen and oxygen atoms in total. The summed E-state index contributed by atoms with van der Waals surface area (Å²) in [6.45, 7) is 3.79. The van der Waals surface area contributed by atoms with Crippen molar-refractivity contribution in [2.75, 3.05) is 13.2 Å². The van der Waals surface area contributed by atoms with Gasteiger partial charge in [0.25, 0.3) is 0 Å². The molecule has 0 bridgehead atoms. The first-order valence-electron chi connectivity index (χ1n) is 11.3. The van der Waals surface area contributed by atoms with Gasteiger partial charge in [-0.25, -0.2) is 4.79 Å². The van der Waals surface area contributed by atoms with E-state index in [9.17, 15) is 19.5 Å². The van der Waals surface area contributed by atoms with Crippen molar-refractivity contribution in [2.45, 2.75) is 51.0 Å². The fraction of sp³-hybridized carbons (Fsp3) is 0.423. The molecule has 0 spiro atoms. The summed E-state index contributed by atoms with van der Waals surface area (Å²) in [5, 5.41) is 14.9. The zero-order valence-corrected chi connectivity index (χ0v) is 19.0. The summed E-state index contributed by atoms with van der Waals surface area (Å²) >= 11 is 0. The Morgan fingerprint density at radius 2 is 1.61 bits per heavy atom. The van der Waals surface area contributed by atoms with Gasteiger partial charge in [0.2, 0.25) is 5.91 Å². The van der Waals surface area contributed by atoms with E-state index in [2.05, 4.69) is 34.9 Å². The van der Waals surface area contributed by atoms with Crippen LogP contribution < -0.4 is 10.6 Å². The van der Waals surface area contributed by atoms with Crippen molar-refractivity contribution in [3.63, 3.8) is 0 Å². The molecule has 1 fully saturated rings. The number of carbonyl (C=O) groups excluding carboxylic acids is 2. The van der Waals surface area contributed by atoms with Gasteiger partial charge in [-0.1, -0.05) is 55.0 Å². The van der Waals surface area contributed by atoms with Crippen LogP contribution in [0.4, 0.5) is 4.79 Å². The number of carboxylic acid groups (broad SMARTS) is 1. The maximum Gasteiger partial charge on any atom is 0.407 e. The third-order valence-electron chi connectivity index (χ3n) is 6.77. The summed E-state index contributed by atoms with van der Waals surface area (Å²) in [5.74, 6) is -1.21. The summed E-state index contributed by atoms with van der Waals surface area (Å²) in [6, 6.07) is 16.2. The minimum absolute atomic E-state index is 0.0207. The topological polar surface area (TPSA) is 105 Å². The molecule has 2 aromatic rings. The third-order valence-corrected chi connectivity index (χ3v) is 6.77. The Morgan fingerprint density at radius 3 is 2.12 bits per heavy atom. The lowest BCUT2D eigenvalue weighted by molar-refractivity contribution is -0.154. The van der Waals surface area contributed by atoms with Crippen LogP contribution in [-0.2, 0) is 14.3 Å². The van der Waals surface area contributed by atoms with Gasteiger partial charge in [0.15, 0.2) is 0 Å². The maximum atomic E-state index is 12.5. The van der Waals surface area contributed by atoms with Gasteiger partial charge in [-0.3, -0.25) is 9.59 Å². The van der Waals surface area contributed by atoms with Crippen LogP contribution in [-0.4, -0.2) is 41.8 Å². The average Bonchev–Trinajstić information content (AvgIpc) is 3.04. The summed E-state index contributed by atoms with van der Waals surface area (Å²) < 4.78 is 5.57. The van der Waals surface area contributed by atoms with Crippen molar-refractivity contribution in [1.82, 2.24) is 10.6 Å². The number of hydrogen-bond donors (Lipinski definition) is 3. The zero-order chi connectivity index (χ0) is 23.6. The average molecular weight is 451 g/mol. The number of benzene rings is 2. The molecule has 2 aliphatic carbocycles. The molecule has 7 heteroatoms. The van der Waals surface area contributed by atoms with Crippen LogP contribution in [0.1, 0.15) is 56.6 Å². The minimum Gasteiger partial charge on any atom is -0.481 e. The number of nitrogens with one attached hydrogen (secondary N) is 2. The number of ether oxygens (including phenoxy) is 1. The van der Waals surface area contributed by atoms with E-state index < -0.39 is 23.0 Å². The molecule has 1 saturated carbocycles. The zero-order valence-electron chi connectivity index (χ0n) is 19.0. The summed E-state index contributed by atoms with van der Waals surface area (Å²) in [5.41, 5.74) is 2.89. The van der Waals surface area contributed by atoms with Crippen molar-refractivity contribution in [3.8, 4) is 11.1 Å². The first-order chi connectivity index (χ1) is 15.7. The third kappa shape index (κ3) is 4.72. The Morgan fingerprint density at radius 1 is 1.03 bits per heavy atom. The fourth-order valence-corrected chi connectivity index (χ4v) is 4.76. The Kier molecular flexibility index (Phi) is 6.15. The predicted molar refractivity (Wildman–Crippen MR) is 124 cm³/mol. The van der Waals surface area contributed by atoms with Crippen LogP contribution in [0.2, 0.25) is 0 Å².